The van der Waals surface area contributed by atoms with Gasteiger partial charge in [0.2, 0.25) is 5.91 Å². The fourth-order valence-electron chi connectivity index (χ4n) is 4.27. The van der Waals surface area contributed by atoms with Crippen molar-refractivity contribution >= 4 is 22.7 Å². The molecule has 2 amide bonds. The van der Waals surface area contributed by atoms with E-state index in [0.717, 1.165) is 44.3 Å². The normalized spacial score (nSPS) is 20.8. The molecule has 1 N–H and O–H groups in total. The molecular weight excluding hydrogens is 333 g/mol. The molecule has 0 spiro atoms. The van der Waals surface area contributed by atoms with Crippen LogP contribution in [0.4, 0.5) is 4.39 Å². The molecule has 1 aromatic heterocycles. The molecule has 5 nitrogen and oxygen atoms in total. The van der Waals surface area contributed by atoms with Gasteiger partial charge in [-0.05, 0) is 50.7 Å². The monoisotopic (exact) mass is 357 g/mol. The molecule has 1 atom stereocenters. The number of benzene rings is 1. The smallest absolute Gasteiger partial charge is 0.271 e. The zero-order valence-corrected chi connectivity index (χ0v) is 15.1. The van der Waals surface area contributed by atoms with Gasteiger partial charge in [-0.15, -0.1) is 0 Å². The molecule has 2 aliphatic rings. The number of aromatic amines is 1. The molecule has 6 heteroatoms. The van der Waals surface area contributed by atoms with Crippen molar-refractivity contribution in [2.75, 3.05) is 19.6 Å². The third kappa shape index (κ3) is 2.77. The van der Waals surface area contributed by atoms with Gasteiger partial charge in [0, 0.05) is 25.0 Å². The van der Waals surface area contributed by atoms with Crippen molar-refractivity contribution in [2.45, 2.75) is 45.1 Å². The van der Waals surface area contributed by atoms with Crippen LogP contribution in [0.5, 0.6) is 0 Å². The summed E-state index contributed by atoms with van der Waals surface area (Å²) in [7, 11) is 0. The van der Waals surface area contributed by atoms with Crippen LogP contribution in [0.1, 0.15) is 48.2 Å². The maximum atomic E-state index is 14.1. The maximum Gasteiger partial charge on any atom is 0.271 e. The first-order valence-electron chi connectivity index (χ1n) is 9.44. The average molecular weight is 357 g/mol. The summed E-state index contributed by atoms with van der Waals surface area (Å²) in [6.07, 6.45) is 4.76. The van der Waals surface area contributed by atoms with Gasteiger partial charge >= 0.3 is 0 Å². The molecule has 26 heavy (non-hydrogen) atoms. The SMILES string of the molecule is Cc1c(C(=O)N2CCC[C@H]2C(=O)N2CCCCC2)[nH]c2c(F)cccc12. The number of nitrogens with one attached hydrogen (secondary N) is 1. The molecule has 2 aromatic rings. The van der Waals surface area contributed by atoms with Crippen LogP contribution in [0.25, 0.3) is 10.9 Å². The van der Waals surface area contributed by atoms with Crippen LogP contribution >= 0.6 is 0 Å². The number of amides is 2. The van der Waals surface area contributed by atoms with Crippen LogP contribution < -0.4 is 0 Å². The van der Waals surface area contributed by atoms with E-state index in [1.54, 1.807) is 17.0 Å². The predicted octanol–water partition coefficient (Wildman–Crippen LogP) is 3.23. The molecule has 138 valence electrons. The number of carbonyl (C=O) groups is 2. The molecule has 0 radical (unpaired) electrons. The first-order valence-corrected chi connectivity index (χ1v) is 9.44. The summed E-state index contributed by atoms with van der Waals surface area (Å²) < 4.78 is 14.1. The highest BCUT2D eigenvalue weighted by molar-refractivity contribution is 6.02. The van der Waals surface area contributed by atoms with Crippen molar-refractivity contribution in [1.82, 2.24) is 14.8 Å². The number of rotatable bonds is 2. The Kier molecular flexibility index (Phi) is 4.42. The number of para-hydroxylation sites is 1. The lowest BCUT2D eigenvalue weighted by Crippen LogP contribution is -2.49. The fraction of sp³-hybridized carbons (Fsp3) is 0.500. The van der Waals surface area contributed by atoms with E-state index in [0.29, 0.717) is 29.6 Å². The quantitative estimate of drug-likeness (QED) is 0.897. The number of aromatic nitrogens is 1. The number of piperidine rings is 1. The van der Waals surface area contributed by atoms with Crippen molar-refractivity contribution in [3.63, 3.8) is 0 Å². The highest BCUT2D eigenvalue weighted by Gasteiger charge is 2.38. The second kappa shape index (κ2) is 6.74. The number of hydrogen-bond acceptors (Lipinski definition) is 2. The van der Waals surface area contributed by atoms with Crippen LogP contribution in [-0.2, 0) is 4.79 Å². The molecule has 0 saturated carbocycles. The minimum atomic E-state index is -0.392. The zero-order valence-electron chi connectivity index (χ0n) is 15.1. The molecule has 0 bridgehead atoms. The number of hydrogen-bond donors (Lipinski definition) is 1. The highest BCUT2D eigenvalue weighted by Crippen LogP contribution is 2.28. The summed E-state index contributed by atoms with van der Waals surface area (Å²) >= 11 is 0. The molecule has 0 unspecified atom stereocenters. The van der Waals surface area contributed by atoms with Gasteiger partial charge in [0.15, 0.2) is 0 Å². The zero-order chi connectivity index (χ0) is 18.3. The second-order valence-corrected chi connectivity index (χ2v) is 7.33. The van der Waals surface area contributed by atoms with Gasteiger partial charge in [-0.3, -0.25) is 9.59 Å². The van der Waals surface area contributed by atoms with Crippen molar-refractivity contribution in [1.29, 1.82) is 0 Å². The van der Waals surface area contributed by atoms with E-state index in [1.165, 1.54) is 6.07 Å². The van der Waals surface area contributed by atoms with Gasteiger partial charge in [0.1, 0.15) is 17.6 Å². The molecule has 2 saturated heterocycles. The fourth-order valence-corrected chi connectivity index (χ4v) is 4.27. The summed E-state index contributed by atoms with van der Waals surface area (Å²) in [6.45, 7) is 3.96. The van der Waals surface area contributed by atoms with Gasteiger partial charge in [-0.1, -0.05) is 12.1 Å². The number of likely N-dealkylation sites (tertiary alicyclic amines) is 2. The van der Waals surface area contributed by atoms with Gasteiger partial charge in [-0.2, -0.15) is 0 Å². The molecule has 2 aliphatic heterocycles. The number of H-pyrrole nitrogens is 1. The van der Waals surface area contributed by atoms with Crippen LogP contribution in [0, 0.1) is 12.7 Å². The highest BCUT2D eigenvalue weighted by atomic mass is 19.1. The first kappa shape index (κ1) is 17.1. The summed E-state index contributed by atoms with van der Waals surface area (Å²) in [5, 5.41) is 0.714. The number of carbonyl (C=O) groups excluding carboxylic acids is 2. The van der Waals surface area contributed by atoms with E-state index in [4.69, 9.17) is 0 Å². The molecule has 4 rings (SSSR count). The van der Waals surface area contributed by atoms with Crippen molar-refractivity contribution in [2.24, 2.45) is 0 Å². The van der Waals surface area contributed by atoms with Crippen molar-refractivity contribution < 1.29 is 14.0 Å². The van der Waals surface area contributed by atoms with Gasteiger partial charge in [-0.25, -0.2) is 4.39 Å². The van der Waals surface area contributed by atoms with Gasteiger partial charge in [0.05, 0.1) is 5.52 Å². The van der Waals surface area contributed by atoms with E-state index in [1.807, 2.05) is 11.8 Å². The van der Waals surface area contributed by atoms with Crippen molar-refractivity contribution in [3.8, 4) is 0 Å². The standard InChI is InChI=1S/C20H24FN3O2/c1-13-14-7-5-8-15(21)18(14)22-17(13)20(26)24-12-6-9-16(24)19(25)23-10-3-2-4-11-23/h5,7-8,16,22H,2-4,6,9-12H2,1H3/t16-/m0/s1. The Hall–Kier alpha value is -2.37. The van der Waals surface area contributed by atoms with E-state index >= 15 is 0 Å². The maximum absolute atomic E-state index is 14.1. The largest absolute Gasteiger partial charge is 0.348 e. The van der Waals surface area contributed by atoms with Crippen molar-refractivity contribution in [3.05, 3.63) is 35.3 Å². The van der Waals surface area contributed by atoms with Gasteiger partial charge < -0.3 is 14.8 Å². The Bertz CT molecular complexity index is 854. The summed E-state index contributed by atoms with van der Waals surface area (Å²) in [5.41, 5.74) is 1.48. The van der Waals surface area contributed by atoms with Crippen LogP contribution in [0.2, 0.25) is 0 Å². The molecular formula is C20H24FN3O2. The minimum Gasteiger partial charge on any atom is -0.348 e. The molecule has 3 heterocycles. The topological polar surface area (TPSA) is 56.4 Å². The summed E-state index contributed by atoms with van der Waals surface area (Å²) in [6, 6.07) is 4.44. The number of halogens is 1. The van der Waals surface area contributed by atoms with E-state index < -0.39 is 6.04 Å². The lowest BCUT2D eigenvalue weighted by atomic mass is 10.1. The lowest BCUT2D eigenvalue weighted by Gasteiger charge is -2.32. The number of nitrogens with zero attached hydrogens (tertiary/aromatic N) is 2. The second-order valence-electron chi connectivity index (χ2n) is 7.33. The average Bonchev–Trinajstić information content (AvgIpc) is 3.28. The minimum absolute atomic E-state index is 0.0653. The van der Waals surface area contributed by atoms with Gasteiger partial charge in [0.25, 0.3) is 5.91 Å². The van der Waals surface area contributed by atoms with Crippen LogP contribution in [-0.4, -0.2) is 52.3 Å². The molecule has 1 aromatic carbocycles. The lowest BCUT2D eigenvalue weighted by molar-refractivity contribution is -0.136. The number of fused-ring (bicyclic) bond motifs is 1. The van der Waals surface area contributed by atoms with E-state index in [2.05, 4.69) is 4.98 Å². The Morgan fingerprint density at radius 2 is 1.88 bits per heavy atom. The van der Waals surface area contributed by atoms with Crippen LogP contribution in [0.3, 0.4) is 0 Å². The Labute approximate surface area is 152 Å². The predicted molar refractivity (Wildman–Crippen MR) is 97.5 cm³/mol. The summed E-state index contributed by atoms with van der Waals surface area (Å²) in [5.74, 6) is -0.506. The van der Waals surface area contributed by atoms with E-state index in [9.17, 15) is 14.0 Å². The Morgan fingerprint density at radius 3 is 2.62 bits per heavy atom. The summed E-state index contributed by atoms with van der Waals surface area (Å²) in [4.78, 5) is 32.6. The first-order chi connectivity index (χ1) is 12.6. The number of aryl methyl sites for hydroxylation is 1. The van der Waals surface area contributed by atoms with Crippen LogP contribution in [0.15, 0.2) is 18.2 Å². The Balaban J connectivity index is 1.62. The molecule has 2 fully saturated rings. The molecule has 0 aliphatic carbocycles. The third-order valence-electron chi connectivity index (χ3n) is 5.72. The Morgan fingerprint density at radius 1 is 1.12 bits per heavy atom. The van der Waals surface area contributed by atoms with E-state index in [-0.39, 0.29) is 17.6 Å². The third-order valence-corrected chi connectivity index (χ3v) is 5.72.